The van der Waals surface area contributed by atoms with E-state index in [-0.39, 0.29) is 18.5 Å². The van der Waals surface area contributed by atoms with Crippen LogP contribution in [0.5, 0.6) is 0 Å². The molecular weight excluding hydrogens is 394 g/mol. The van der Waals surface area contributed by atoms with Crippen LogP contribution in [0.1, 0.15) is 19.4 Å². The first-order chi connectivity index (χ1) is 15.0. The summed E-state index contributed by atoms with van der Waals surface area (Å²) in [5.41, 5.74) is 5.08. The van der Waals surface area contributed by atoms with Crippen LogP contribution in [0.15, 0.2) is 42.9 Å². The highest BCUT2D eigenvalue weighted by atomic mass is 16.1. The lowest BCUT2D eigenvalue weighted by molar-refractivity contribution is -0.121. The minimum Gasteiger partial charge on any atom is -0.382 e. The molecule has 0 saturated carbocycles. The van der Waals surface area contributed by atoms with E-state index in [0.29, 0.717) is 11.3 Å². The van der Waals surface area contributed by atoms with Gasteiger partial charge in [-0.1, -0.05) is 5.21 Å². The first-order valence-electron chi connectivity index (χ1n) is 9.74. The van der Waals surface area contributed by atoms with Gasteiger partial charge in [0.05, 0.1) is 34.9 Å². The zero-order chi connectivity index (χ0) is 22.0. The lowest BCUT2D eigenvalue weighted by Gasteiger charge is -2.14. The maximum absolute atomic E-state index is 11.6. The second-order valence-corrected chi connectivity index (χ2v) is 7.30. The van der Waals surface area contributed by atoms with Gasteiger partial charge in [-0.3, -0.25) is 9.78 Å². The number of rotatable bonds is 6. The second-order valence-electron chi connectivity index (χ2n) is 7.30. The van der Waals surface area contributed by atoms with Crippen LogP contribution in [-0.4, -0.2) is 48.6 Å². The molecule has 0 radical (unpaired) electrons. The molecule has 1 amide bonds. The summed E-state index contributed by atoms with van der Waals surface area (Å²) in [6, 6.07) is 9.82. The first kappa shape index (κ1) is 20.0. The number of nitrogens with one attached hydrogen (secondary N) is 2. The van der Waals surface area contributed by atoms with Gasteiger partial charge in [-0.2, -0.15) is 10.4 Å². The molecule has 0 unspecified atom stereocenters. The molecule has 0 spiro atoms. The number of anilines is 1. The van der Waals surface area contributed by atoms with E-state index < -0.39 is 0 Å². The lowest BCUT2D eigenvalue weighted by atomic mass is 10.1. The van der Waals surface area contributed by atoms with Gasteiger partial charge in [-0.15, -0.1) is 5.10 Å². The third-order valence-corrected chi connectivity index (χ3v) is 4.64. The predicted molar refractivity (Wildman–Crippen MR) is 115 cm³/mol. The van der Waals surface area contributed by atoms with Crippen molar-refractivity contribution in [2.45, 2.75) is 26.4 Å². The monoisotopic (exact) mass is 415 g/mol. The van der Waals surface area contributed by atoms with Crippen LogP contribution in [0.4, 0.5) is 5.69 Å². The van der Waals surface area contributed by atoms with Crippen molar-refractivity contribution in [1.29, 1.82) is 5.26 Å². The number of nitrogens with zero attached hydrogens (tertiary/aromatic N) is 7. The molecule has 4 aromatic heterocycles. The van der Waals surface area contributed by atoms with Crippen molar-refractivity contribution in [2.24, 2.45) is 0 Å². The van der Waals surface area contributed by atoms with Crippen molar-refractivity contribution in [2.75, 3.05) is 12.4 Å². The largest absolute Gasteiger partial charge is 0.382 e. The van der Waals surface area contributed by atoms with Crippen LogP contribution in [-0.2, 0) is 11.3 Å². The molecular formula is C21H21N9O. The minimum absolute atomic E-state index is 0.0917. The van der Waals surface area contributed by atoms with Crippen molar-refractivity contribution < 1.29 is 4.79 Å². The van der Waals surface area contributed by atoms with E-state index in [0.717, 1.165) is 28.2 Å². The van der Waals surface area contributed by atoms with Crippen molar-refractivity contribution in [1.82, 2.24) is 34.9 Å². The maximum atomic E-state index is 11.6. The second kappa shape index (κ2) is 8.23. The number of fused-ring (bicyclic) bond motifs is 1. The van der Waals surface area contributed by atoms with Crippen molar-refractivity contribution in [3.63, 3.8) is 0 Å². The van der Waals surface area contributed by atoms with Gasteiger partial charge in [0.15, 0.2) is 0 Å². The summed E-state index contributed by atoms with van der Waals surface area (Å²) < 4.78 is 3.24. The Morgan fingerprint density at radius 2 is 2.06 bits per heavy atom. The van der Waals surface area contributed by atoms with Gasteiger partial charge in [-0.25, -0.2) is 9.20 Å². The normalized spacial score (nSPS) is 10.9. The van der Waals surface area contributed by atoms with Crippen LogP contribution in [0.3, 0.4) is 0 Å². The lowest BCUT2D eigenvalue weighted by Crippen LogP contribution is -2.23. The Balaban J connectivity index is 1.75. The minimum atomic E-state index is -0.155. The Hall–Kier alpha value is -4.26. The molecule has 31 heavy (non-hydrogen) atoms. The third kappa shape index (κ3) is 4.06. The van der Waals surface area contributed by atoms with E-state index in [1.54, 1.807) is 30.0 Å². The quantitative estimate of drug-likeness (QED) is 0.494. The Bertz CT molecular complexity index is 1300. The number of aromatic nitrogens is 6. The number of pyridine rings is 1. The molecule has 10 nitrogen and oxygen atoms in total. The molecule has 0 aliphatic heterocycles. The Morgan fingerprint density at radius 3 is 2.81 bits per heavy atom. The fraction of sp³-hybridized carbons (Fsp3) is 0.238. The van der Waals surface area contributed by atoms with Gasteiger partial charge in [0.1, 0.15) is 18.3 Å². The summed E-state index contributed by atoms with van der Waals surface area (Å²) in [5, 5.41) is 27.7. The van der Waals surface area contributed by atoms with E-state index in [2.05, 4.69) is 37.1 Å². The van der Waals surface area contributed by atoms with Crippen molar-refractivity contribution in [3.8, 4) is 28.7 Å². The summed E-state index contributed by atoms with van der Waals surface area (Å²) in [4.78, 5) is 16.2. The Labute approximate surface area is 178 Å². The molecule has 4 heterocycles. The van der Waals surface area contributed by atoms with Crippen molar-refractivity contribution in [3.05, 3.63) is 48.4 Å². The Kier molecular flexibility index (Phi) is 5.32. The molecule has 0 saturated heterocycles. The molecule has 0 aliphatic carbocycles. The molecule has 0 fully saturated rings. The summed E-state index contributed by atoms with van der Waals surface area (Å²) >= 11 is 0. The highest BCUT2D eigenvalue weighted by molar-refractivity contribution is 5.79. The summed E-state index contributed by atoms with van der Waals surface area (Å²) in [6.07, 6.45) is 4.98. The molecule has 4 aromatic rings. The van der Waals surface area contributed by atoms with Crippen LogP contribution >= 0.6 is 0 Å². The number of hydrogen-bond acceptors (Lipinski definition) is 7. The average molecular weight is 415 g/mol. The van der Waals surface area contributed by atoms with Gasteiger partial charge in [0.25, 0.3) is 0 Å². The fourth-order valence-electron chi connectivity index (χ4n) is 3.21. The molecule has 0 aliphatic rings. The van der Waals surface area contributed by atoms with Gasteiger partial charge >= 0.3 is 0 Å². The van der Waals surface area contributed by atoms with Crippen molar-refractivity contribution >= 4 is 17.1 Å². The van der Waals surface area contributed by atoms with Gasteiger partial charge in [0.2, 0.25) is 5.91 Å². The molecule has 0 atom stereocenters. The maximum Gasteiger partial charge on any atom is 0.241 e. The standard InChI is InChI=1S/C21H21N9O/c1-13(2)26-17-7-18(20-5-4-15-6-14(8-22)9-25-30(15)20)24-10-16(17)19-11-29(28-27-19)12-21(31)23-3/h4-7,9-11,13H,12H2,1-3H3,(H,23,31)(H,24,26). The topological polar surface area (TPSA) is 126 Å². The molecule has 10 heteroatoms. The zero-order valence-corrected chi connectivity index (χ0v) is 17.4. The van der Waals surface area contributed by atoms with E-state index in [4.69, 9.17) is 5.26 Å². The van der Waals surface area contributed by atoms with Gasteiger partial charge in [-0.05, 0) is 38.1 Å². The number of hydrogen-bond donors (Lipinski definition) is 2. The van der Waals surface area contributed by atoms with E-state index >= 15 is 0 Å². The molecule has 0 aromatic carbocycles. The van der Waals surface area contributed by atoms with Crippen LogP contribution in [0.2, 0.25) is 0 Å². The molecule has 4 rings (SSSR count). The smallest absolute Gasteiger partial charge is 0.241 e. The number of carbonyl (C=O) groups excluding carboxylic acids is 1. The third-order valence-electron chi connectivity index (χ3n) is 4.64. The van der Waals surface area contributed by atoms with Crippen LogP contribution < -0.4 is 10.6 Å². The summed E-state index contributed by atoms with van der Waals surface area (Å²) in [6.45, 7) is 4.18. The molecule has 0 bridgehead atoms. The number of amides is 1. The highest BCUT2D eigenvalue weighted by Gasteiger charge is 2.16. The molecule has 156 valence electrons. The zero-order valence-electron chi connectivity index (χ0n) is 17.4. The SMILES string of the molecule is CNC(=O)Cn1cc(-c2cnc(-c3ccc4cc(C#N)cnn34)cc2NC(C)C)nn1. The van der Waals surface area contributed by atoms with Gasteiger partial charge < -0.3 is 10.6 Å². The van der Waals surface area contributed by atoms with Crippen LogP contribution in [0, 0.1) is 11.3 Å². The number of likely N-dealkylation sites (N-methyl/N-ethyl adjacent to an activating group) is 1. The van der Waals surface area contributed by atoms with Crippen LogP contribution in [0.25, 0.3) is 28.2 Å². The first-order valence-corrected chi connectivity index (χ1v) is 9.74. The van der Waals surface area contributed by atoms with Gasteiger partial charge in [0, 0.05) is 30.5 Å². The van der Waals surface area contributed by atoms with E-state index in [1.807, 2.05) is 32.0 Å². The average Bonchev–Trinajstić information content (AvgIpc) is 3.39. The fourth-order valence-corrected chi connectivity index (χ4v) is 3.21. The predicted octanol–water partition coefficient (Wildman–Crippen LogP) is 2.09. The number of carbonyl (C=O) groups is 1. The Morgan fingerprint density at radius 1 is 1.23 bits per heavy atom. The summed E-state index contributed by atoms with van der Waals surface area (Å²) in [5.74, 6) is -0.155. The summed E-state index contributed by atoms with van der Waals surface area (Å²) in [7, 11) is 1.58. The molecule has 2 N–H and O–H groups in total. The number of nitriles is 1. The van der Waals surface area contributed by atoms with E-state index in [9.17, 15) is 4.79 Å². The highest BCUT2D eigenvalue weighted by Crippen LogP contribution is 2.31. The van der Waals surface area contributed by atoms with E-state index in [1.165, 1.54) is 10.9 Å².